The van der Waals surface area contributed by atoms with Gasteiger partial charge in [0, 0.05) is 36.7 Å². The number of rotatable bonds is 11. The number of carbonyl (C=O) groups excluding carboxylic acids is 1. The molecule has 6 rings (SSSR count). The first-order valence-electron chi connectivity index (χ1n) is 16.2. The summed E-state index contributed by atoms with van der Waals surface area (Å²) in [7, 11) is 2.15. The molecule has 1 heterocycles. The smallest absolute Gasteiger partial charge is 0.251 e. The van der Waals surface area contributed by atoms with Gasteiger partial charge in [-0.25, -0.2) is 0 Å². The van der Waals surface area contributed by atoms with E-state index in [9.17, 15) is 9.90 Å². The fraction of sp³-hybridized carbons (Fsp3) is 0.244. The van der Waals surface area contributed by atoms with Crippen molar-refractivity contribution in [3.63, 3.8) is 0 Å². The number of ether oxygens (including phenoxy) is 2. The lowest BCUT2D eigenvalue weighted by molar-refractivity contribution is -0.253. The average molecular weight is 627 g/mol. The first kappa shape index (κ1) is 32.4. The van der Waals surface area contributed by atoms with Crippen LogP contribution < -0.4 is 5.32 Å². The summed E-state index contributed by atoms with van der Waals surface area (Å²) in [6.07, 6.45) is 0.0153. The van der Waals surface area contributed by atoms with Gasteiger partial charge in [0.1, 0.15) is 0 Å². The topological polar surface area (TPSA) is 71.0 Å². The summed E-state index contributed by atoms with van der Waals surface area (Å²) in [4.78, 5) is 14.9. The van der Waals surface area contributed by atoms with E-state index < -0.39 is 6.29 Å². The number of amides is 1. The minimum Gasteiger partial charge on any atom is -0.392 e. The second-order valence-electron chi connectivity index (χ2n) is 12.2. The molecular formula is C41H42N2O4. The molecule has 6 nitrogen and oxygen atoms in total. The Hall–Kier alpha value is -4.59. The van der Waals surface area contributed by atoms with E-state index >= 15 is 0 Å². The molecule has 1 aliphatic heterocycles. The van der Waals surface area contributed by atoms with Crippen LogP contribution in [0.15, 0.2) is 133 Å². The van der Waals surface area contributed by atoms with E-state index in [-0.39, 0.29) is 30.8 Å². The summed E-state index contributed by atoms with van der Waals surface area (Å²) in [6, 6.07) is 44.6. The maximum absolute atomic E-state index is 12.5. The van der Waals surface area contributed by atoms with Gasteiger partial charge < -0.3 is 19.9 Å². The van der Waals surface area contributed by atoms with E-state index in [1.54, 1.807) is 0 Å². The number of nitrogens with one attached hydrogen (secondary N) is 1. The van der Waals surface area contributed by atoms with Gasteiger partial charge in [-0.2, -0.15) is 0 Å². The van der Waals surface area contributed by atoms with Crippen LogP contribution in [0.5, 0.6) is 0 Å². The van der Waals surface area contributed by atoms with Crippen LogP contribution >= 0.6 is 0 Å². The van der Waals surface area contributed by atoms with Crippen LogP contribution in [0.25, 0.3) is 11.1 Å². The number of aliphatic hydroxyl groups is 1. The van der Waals surface area contributed by atoms with Gasteiger partial charge in [-0.15, -0.1) is 0 Å². The van der Waals surface area contributed by atoms with Crippen LogP contribution in [-0.4, -0.2) is 35.6 Å². The third-order valence-corrected chi connectivity index (χ3v) is 8.98. The van der Waals surface area contributed by atoms with Crippen LogP contribution in [0, 0.1) is 0 Å². The molecule has 5 aromatic rings. The third kappa shape index (κ3) is 8.23. The molecule has 6 heteroatoms. The molecule has 240 valence electrons. The Morgan fingerprint density at radius 3 is 2.17 bits per heavy atom. The molecule has 4 atom stereocenters. The van der Waals surface area contributed by atoms with Gasteiger partial charge in [0.15, 0.2) is 6.29 Å². The number of benzene rings is 5. The van der Waals surface area contributed by atoms with Crippen molar-refractivity contribution in [2.45, 2.75) is 51.0 Å². The van der Waals surface area contributed by atoms with Gasteiger partial charge in [0.05, 0.1) is 18.8 Å². The Bertz CT molecular complexity index is 1730. The minimum atomic E-state index is -0.523. The predicted octanol–water partition coefficient (Wildman–Crippen LogP) is 8.01. The van der Waals surface area contributed by atoms with E-state index in [4.69, 9.17) is 9.47 Å². The van der Waals surface area contributed by atoms with E-state index in [2.05, 4.69) is 84.9 Å². The summed E-state index contributed by atoms with van der Waals surface area (Å²) >= 11 is 0. The Kier molecular flexibility index (Phi) is 10.6. The summed E-state index contributed by atoms with van der Waals surface area (Å²) in [5.41, 5.74) is 8.01. The molecule has 0 bridgehead atoms. The number of hydrogen-bond acceptors (Lipinski definition) is 5. The molecule has 0 aliphatic carbocycles. The maximum atomic E-state index is 12.5. The molecule has 5 aromatic carbocycles. The second-order valence-corrected chi connectivity index (χ2v) is 12.2. The Balaban J connectivity index is 1.17. The maximum Gasteiger partial charge on any atom is 0.251 e. The normalized spacial score (nSPS) is 18.5. The summed E-state index contributed by atoms with van der Waals surface area (Å²) in [6.45, 7) is 3.44. The molecule has 0 saturated carbocycles. The molecule has 0 radical (unpaired) electrons. The molecule has 1 saturated heterocycles. The number of aliphatic hydroxyl groups excluding tert-OH is 1. The molecule has 2 N–H and O–H groups in total. The Labute approximate surface area is 277 Å². The van der Waals surface area contributed by atoms with Crippen LogP contribution in [0.3, 0.4) is 0 Å². The van der Waals surface area contributed by atoms with E-state index in [0.29, 0.717) is 12.1 Å². The Morgan fingerprint density at radius 1 is 0.787 bits per heavy atom. The van der Waals surface area contributed by atoms with Gasteiger partial charge in [-0.3, -0.25) is 9.69 Å². The molecule has 0 spiro atoms. The van der Waals surface area contributed by atoms with Gasteiger partial charge >= 0.3 is 0 Å². The van der Waals surface area contributed by atoms with Crippen LogP contribution in [0.1, 0.15) is 70.0 Å². The number of nitrogens with zero attached hydrogens (tertiary/aromatic N) is 1. The summed E-state index contributed by atoms with van der Waals surface area (Å²) in [5, 5.41) is 12.6. The van der Waals surface area contributed by atoms with Crippen molar-refractivity contribution in [1.29, 1.82) is 0 Å². The van der Waals surface area contributed by atoms with Gasteiger partial charge in [-0.1, -0.05) is 115 Å². The minimum absolute atomic E-state index is 0.0138. The highest BCUT2D eigenvalue weighted by Gasteiger charge is 2.33. The lowest BCUT2D eigenvalue weighted by atomic mass is 9.98. The zero-order valence-corrected chi connectivity index (χ0v) is 27.0. The van der Waals surface area contributed by atoms with Crippen molar-refractivity contribution in [1.82, 2.24) is 10.2 Å². The first-order valence-corrected chi connectivity index (χ1v) is 16.2. The van der Waals surface area contributed by atoms with E-state index in [1.807, 2.05) is 72.8 Å². The number of carbonyl (C=O) groups is 1. The summed E-state index contributed by atoms with van der Waals surface area (Å²) < 4.78 is 13.2. The highest BCUT2D eigenvalue weighted by Crippen LogP contribution is 2.39. The van der Waals surface area contributed by atoms with Crippen molar-refractivity contribution in [2.24, 2.45) is 0 Å². The molecule has 47 heavy (non-hydrogen) atoms. The highest BCUT2D eigenvalue weighted by atomic mass is 16.7. The standard InChI is InChI=1S/C41H42N2O4/c1-29(32-11-5-3-6-12-32)43(2)27-38-25-39(34-18-16-30(28-44)17-19-34)47-41(46-38)36-22-20-33(21-23-36)37-15-9-10-31(24-37)26-42-40(45)35-13-7-4-8-14-35/h3-24,29,38-39,41,44H,25-28H2,1-2H3,(H,42,45). The van der Waals surface area contributed by atoms with Gasteiger partial charge in [0.25, 0.3) is 5.91 Å². The fourth-order valence-electron chi connectivity index (χ4n) is 6.07. The van der Waals surface area contributed by atoms with Crippen LogP contribution in [-0.2, 0) is 22.6 Å². The quantitative estimate of drug-likeness (QED) is 0.155. The number of likely N-dealkylation sites (N-methyl/N-ethyl adjacent to an activating group) is 1. The van der Waals surface area contributed by atoms with Crippen LogP contribution in [0.2, 0.25) is 0 Å². The van der Waals surface area contributed by atoms with Crippen molar-refractivity contribution in [3.05, 3.63) is 167 Å². The van der Waals surface area contributed by atoms with Crippen molar-refractivity contribution in [3.8, 4) is 11.1 Å². The van der Waals surface area contributed by atoms with E-state index in [1.165, 1.54) is 5.56 Å². The molecular weight excluding hydrogens is 584 g/mol. The van der Waals surface area contributed by atoms with Gasteiger partial charge in [0.2, 0.25) is 0 Å². The van der Waals surface area contributed by atoms with Crippen molar-refractivity contribution >= 4 is 5.91 Å². The number of hydrogen-bond donors (Lipinski definition) is 2. The third-order valence-electron chi connectivity index (χ3n) is 8.98. The SMILES string of the molecule is CC(c1ccccc1)N(C)CC1CC(c2ccc(CO)cc2)OC(c2ccc(-c3cccc(CNC(=O)c4ccccc4)c3)cc2)O1. The molecule has 1 amide bonds. The Morgan fingerprint density at radius 2 is 1.47 bits per heavy atom. The zero-order valence-electron chi connectivity index (χ0n) is 27.0. The second kappa shape index (κ2) is 15.3. The fourth-order valence-corrected chi connectivity index (χ4v) is 6.07. The first-order chi connectivity index (χ1) is 23.0. The van der Waals surface area contributed by atoms with Crippen molar-refractivity contribution < 1.29 is 19.4 Å². The van der Waals surface area contributed by atoms with Crippen molar-refractivity contribution in [2.75, 3.05) is 13.6 Å². The van der Waals surface area contributed by atoms with Crippen LogP contribution in [0.4, 0.5) is 0 Å². The lowest BCUT2D eigenvalue weighted by Crippen LogP contribution is -2.38. The molecule has 4 unspecified atom stereocenters. The molecule has 0 aromatic heterocycles. The predicted molar refractivity (Wildman–Crippen MR) is 185 cm³/mol. The zero-order chi connectivity index (χ0) is 32.6. The highest BCUT2D eigenvalue weighted by molar-refractivity contribution is 5.94. The average Bonchev–Trinajstić information content (AvgIpc) is 3.14. The summed E-state index contributed by atoms with van der Waals surface area (Å²) in [5.74, 6) is -0.0884. The molecule has 1 fully saturated rings. The lowest BCUT2D eigenvalue weighted by Gasteiger charge is -2.39. The monoisotopic (exact) mass is 626 g/mol. The van der Waals surface area contributed by atoms with E-state index in [0.717, 1.165) is 46.3 Å². The largest absolute Gasteiger partial charge is 0.392 e. The van der Waals surface area contributed by atoms with Gasteiger partial charge in [-0.05, 0) is 65.6 Å². The molecule has 1 aliphatic rings.